The summed E-state index contributed by atoms with van der Waals surface area (Å²) in [6.45, 7) is -0.871. The zero-order valence-electron chi connectivity index (χ0n) is 13.3. The predicted molar refractivity (Wildman–Crippen MR) is 94.6 cm³/mol. The number of para-hydroxylation sites is 1. The quantitative estimate of drug-likeness (QED) is 0.683. The van der Waals surface area contributed by atoms with Gasteiger partial charge in [0.1, 0.15) is 17.6 Å². The maximum absolute atomic E-state index is 12.3. The first-order chi connectivity index (χ1) is 12.6. The fourth-order valence-electron chi connectivity index (χ4n) is 2.21. The van der Waals surface area contributed by atoms with Crippen LogP contribution >= 0.6 is 11.3 Å². The smallest absolute Gasteiger partial charge is 0.326 e. The number of carbonyl (C=O) groups is 2. The summed E-state index contributed by atoms with van der Waals surface area (Å²) in [4.78, 5) is 40.1. The molecule has 1 N–H and O–H groups in total. The van der Waals surface area contributed by atoms with Gasteiger partial charge in [0.25, 0.3) is 11.5 Å². The largest absolute Gasteiger partial charge is 0.454 e. The summed E-state index contributed by atoms with van der Waals surface area (Å²) in [6.07, 6.45) is 1.26. The van der Waals surface area contributed by atoms with Crippen molar-refractivity contribution in [1.29, 1.82) is 5.26 Å². The molecule has 3 rings (SSSR count). The van der Waals surface area contributed by atoms with E-state index in [9.17, 15) is 14.4 Å². The standard InChI is InChI=1S/C17H12N4O4S/c18-7-11-5-6-26-16(11)20-14(22)9-25-15(23)8-21-10-19-13-4-2-1-3-12(13)17(21)24/h1-6,10H,8-9H2,(H,20,22). The molecule has 0 spiro atoms. The van der Waals surface area contributed by atoms with E-state index in [1.165, 1.54) is 17.7 Å². The van der Waals surface area contributed by atoms with Crippen LogP contribution in [-0.4, -0.2) is 28.0 Å². The maximum atomic E-state index is 12.3. The van der Waals surface area contributed by atoms with E-state index in [0.717, 1.165) is 4.57 Å². The van der Waals surface area contributed by atoms with Crippen LogP contribution in [0.3, 0.4) is 0 Å². The SMILES string of the molecule is N#Cc1ccsc1NC(=O)COC(=O)Cn1cnc2ccccc2c1=O. The number of aromatic nitrogens is 2. The number of carbonyl (C=O) groups excluding carboxylic acids is 2. The van der Waals surface area contributed by atoms with Gasteiger partial charge in [0.05, 0.1) is 22.8 Å². The molecule has 8 nitrogen and oxygen atoms in total. The molecule has 0 atom stereocenters. The van der Waals surface area contributed by atoms with E-state index in [-0.39, 0.29) is 12.1 Å². The second-order valence-corrected chi connectivity index (χ2v) is 6.09. The van der Waals surface area contributed by atoms with Gasteiger partial charge in [-0.05, 0) is 23.6 Å². The fraction of sp³-hybridized carbons (Fsp3) is 0.118. The van der Waals surface area contributed by atoms with E-state index < -0.39 is 18.5 Å². The summed E-state index contributed by atoms with van der Waals surface area (Å²) in [6, 6.07) is 10.3. The molecule has 3 aromatic rings. The Morgan fingerprint density at radius 1 is 1.31 bits per heavy atom. The Labute approximate surface area is 151 Å². The van der Waals surface area contributed by atoms with Crippen LogP contribution in [0.15, 0.2) is 46.8 Å². The zero-order chi connectivity index (χ0) is 18.5. The first-order valence-corrected chi connectivity index (χ1v) is 8.33. The third-order valence-electron chi connectivity index (χ3n) is 3.43. The molecule has 0 unspecified atom stereocenters. The van der Waals surface area contributed by atoms with Gasteiger partial charge in [-0.25, -0.2) is 4.98 Å². The molecule has 0 aliphatic rings. The fourth-order valence-corrected chi connectivity index (χ4v) is 2.96. The molecule has 130 valence electrons. The molecule has 0 fully saturated rings. The predicted octanol–water partition coefficient (Wildman–Crippen LogP) is 1.51. The number of hydrogen-bond acceptors (Lipinski definition) is 7. The van der Waals surface area contributed by atoms with Gasteiger partial charge in [-0.2, -0.15) is 5.26 Å². The third-order valence-corrected chi connectivity index (χ3v) is 4.26. The van der Waals surface area contributed by atoms with Crippen molar-refractivity contribution < 1.29 is 14.3 Å². The number of thiophene rings is 1. The summed E-state index contributed by atoms with van der Waals surface area (Å²) >= 11 is 1.19. The van der Waals surface area contributed by atoms with E-state index in [1.54, 1.807) is 35.7 Å². The Hall–Kier alpha value is -3.51. The molecule has 0 saturated carbocycles. The lowest BCUT2D eigenvalue weighted by Gasteiger charge is -2.07. The minimum Gasteiger partial charge on any atom is -0.454 e. The molecule has 0 bridgehead atoms. The zero-order valence-corrected chi connectivity index (χ0v) is 14.2. The molecule has 2 heterocycles. The number of benzene rings is 1. The average Bonchev–Trinajstić information content (AvgIpc) is 3.09. The second-order valence-electron chi connectivity index (χ2n) is 5.18. The van der Waals surface area contributed by atoms with Gasteiger partial charge in [0.15, 0.2) is 6.61 Å². The lowest BCUT2D eigenvalue weighted by atomic mass is 10.2. The Balaban J connectivity index is 1.59. The number of nitrogens with zero attached hydrogens (tertiary/aromatic N) is 3. The van der Waals surface area contributed by atoms with E-state index in [4.69, 9.17) is 10.00 Å². The van der Waals surface area contributed by atoms with Crippen LogP contribution in [0, 0.1) is 11.3 Å². The molecule has 0 saturated heterocycles. The summed E-state index contributed by atoms with van der Waals surface area (Å²) in [5.41, 5.74) is 0.503. The van der Waals surface area contributed by atoms with Gasteiger partial charge >= 0.3 is 5.97 Å². The van der Waals surface area contributed by atoms with Crippen LogP contribution in [0.4, 0.5) is 5.00 Å². The first-order valence-electron chi connectivity index (χ1n) is 7.45. The van der Waals surface area contributed by atoms with Crippen molar-refractivity contribution in [2.24, 2.45) is 0 Å². The summed E-state index contributed by atoms with van der Waals surface area (Å²) in [7, 11) is 0. The van der Waals surface area contributed by atoms with Crippen molar-refractivity contribution in [1.82, 2.24) is 9.55 Å². The number of nitriles is 1. The van der Waals surface area contributed by atoms with Gasteiger partial charge in [-0.15, -0.1) is 11.3 Å². The number of amides is 1. The molecule has 1 amide bonds. The molecule has 1 aromatic carbocycles. The minimum absolute atomic E-state index is 0.337. The Kier molecular flexibility index (Phi) is 5.05. The topological polar surface area (TPSA) is 114 Å². The van der Waals surface area contributed by atoms with E-state index in [1.807, 2.05) is 6.07 Å². The molecule has 0 radical (unpaired) electrons. The number of rotatable bonds is 5. The molecular formula is C17H12N4O4S. The first kappa shape index (κ1) is 17.3. The van der Waals surface area contributed by atoms with Crippen molar-refractivity contribution in [2.75, 3.05) is 11.9 Å². The van der Waals surface area contributed by atoms with E-state index >= 15 is 0 Å². The Morgan fingerprint density at radius 2 is 2.12 bits per heavy atom. The molecular weight excluding hydrogens is 356 g/mol. The van der Waals surface area contributed by atoms with Gasteiger partial charge in [0, 0.05) is 0 Å². The second kappa shape index (κ2) is 7.58. The number of anilines is 1. The van der Waals surface area contributed by atoms with Crippen LogP contribution in [0.2, 0.25) is 0 Å². The van der Waals surface area contributed by atoms with Crippen molar-refractivity contribution in [3.63, 3.8) is 0 Å². The highest BCUT2D eigenvalue weighted by atomic mass is 32.1. The highest BCUT2D eigenvalue weighted by molar-refractivity contribution is 7.14. The van der Waals surface area contributed by atoms with Crippen LogP contribution in [0.5, 0.6) is 0 Å². The minimum atomic E-state index is -0.744. The number of fused-ring (bicyclic) bond motifs is 1. The van der Waals surface area contributed by atoms with Gasteiger partial charge in [0.2, 0.25) is 0 Å². The van der Waals surface area contributed by atoms with Crippen LogP contribution in [0.1, 0.15) is 5.56 Å². The lowest BCUT2D eigenvalue weighted by molar-refractivity contribution is -0.147. The van der Waals surface area contributed by atoms with Gasteiger partial charge < -0.3 is 10.1 Å². The summed E-state index contributed by atoms with van der Waals surface area (Å²) in [5.74, 6) is -1.31. The third kappa shape index (κ3) is 3.76. The Bertz CT molecular complexity index is 1080. The number of esters is 1. The average molecular weight is 368 g/mol. The van der Waals surface area contributed by atoms with Crippen molar-refractivity contribution in [2.45, 2.75) is 6.54 Å². The van der Waals surface area contributed by atoms with E-state index in [0.29, 0.717) is 21.5 Å². The molecule has 0 aliphatic carbocycles. The number of hydrogen-bond donors (Lipinski definition) is 1. The normalized spacial score (nSPS) is 10.3. The molecule has 0 aliphatic heterocycles. The van der Waals surface area contributed by atoms with Crippen LogP contribution < -0.4 is 10.9 Å². The lowest BCUT2D eigenvalue weighted by Crippen LogP contribution is -2.28. The maximum Gasteiger partial charge on any atom is 0.326 e. The highest BCUT2D eigenvalue weighted by Gasteiger charge is 2.13. The summed E-state index contributed by atoms with van der Waals surface area (Å²) < 4.78 is 6.00. The van der Waals surface area contributed by atoms with Crippen molar-refractivity contribution in [3.05, 3.63) is 58.0 Å². The van der Waals surface area contributed by atoms with E-state index in [2.05, 4.69) is 10.3 Å². The Morgan fingerprint density at radius 3 is 2.92 bits per heavy atom. The van der Waals surface area contributed by atoms with Crippen LogP contribution in [0.25, 0.3) is 10.9 Å². The van der Waals surface area contributed by atoms with Crippen LogP contribution in [-0.2, 0) is 20.9 Å². The number of nitrogens with one attached hydrogen (secondary N) is 1. The summed E-state index contributed by atoms with van der Waals surface area (Å²) in [5, 5.41) is 13.8. The molecule has 2 aromatic heterocycles. The van der Waals surface area contributed by atoms with Gasteiger partial charge in [-0.1, -0.05) is 12.1 Å². The molecule has 9 heteroatoms. The molecule has 26 heavy (non-hydrogen) atoms. The number of ether oxygens (including phenoxy) is 1. The van der Waals surface area contributed by atoms with Crippen molar-refractivity contribution >= 4 is 39.1 Å². The highest BCUT2D eigenvalue weighted by Crippen LogP contribution is 2.21. The monoisotopic (exact) mass is 368 g/mol. The van der Waals surface area contributed by atoms with Crippen molar-refractivity contribution in [3.8, 4) is 6.07 Å². The van der Waals surface area contributed by atoms with Gasteiger partial charge in [-0.3, -0.25) is 19.0 Å².